The summed E-state index contributed by atoms with van der Waals surface area (Å²) in [5.41, 5.74) is 0. The Kier molecular flexibility index (Phi) is 5.21. The molecule has 8 heteroatoms. The zero-order chi connectivity index (χ0) is 14.9. The molecule has 2 saturated heterocycles. The third-order valence-corrected chi connectivity index (χ3v) is 4.64. The van der Waals surface area contributed by atoms with Crippen LogP contribution in [0.1, 0.15) is 27.2 Å². The molecule has 0 aromatic rings. The number of hydrogen-bond acceptors (Lipinski definition) is 6. The Morgan fingerprint density at radius 2 is 2.00 bits per heavy atom. The van der Waals surface area contributed by atoms with Gasteiger partial charge in [0, 0.05) is 13.5 Å². The van der Waals surface area contributed by atoms with Crippen molar-refractivity contribution in [2.45, 2.75) is 63.5 Å². The van der Waals surface area contributed by atoms with Crippen LogP contribution >= 0.6 is 8.03 Å². The molecule has 0 aliphatic carbocycles. The second-order valence-electron chi connectivity index (χ2n) is 5.30. The molecular formula is C12H22FO6P. The van der Waals surface area contributed by atoms with Crippen LogP contribution in [0.4, 0.5) is 4.39 Å². The molecule has 2 heterocycles. The summed E-state index contributed by atoms with van der Waals surface area (Å²) in [5, 5.41) is 0. The van der Waals surface area contributed by atoms with Crippen LogP contribution in [-0.4, -0.2) is 50.0 Å². The fourth-order valence-corrected chi connectivity index (χ4v) is 3.44. The number of ether oxygens (including phenoxy) is 4. The highest BCUT2D eigenvalue weighted by molar-refractivity contribution is 7.39. The van der Waals surface area contributed by atoms with Gasteiger partial charge in [0.25, 0.3) is 0 Å². The SMILES string of the molecule is CCO[PH](=O)C(F)C[C@H]1O[C@@H](OC)[C@@H]2OC(C)(C)O[C@@H]21. The fraction of sp³-hybridized carbons (Fsp3) is 1.00. The Bertz CT molecular complexity index is 366. The molecule has 6 nitrogen and oxygen atoms in total. The summed E-state index contributed by atoms with van der Waals surface area (Å²) in [6.07, 6.45) is -2.05. The summed E-state index contributed by atoms with van der Waals surface area (Å²) in [7, 11) is -1.22. The van der Waals surface area contributed by atoms with Gasteiger partial charge < -0.3 is 23.5 Å². The van der Waals surface area contributed by atoms with Crippen molar-refractivity contribution >= 4 is 8.03 Å². The third-order valence-electron chi connectivity index (χ3n) is 3.32. The van der Waals surface area contributed by atoms with Gasteiger partial charge in [-0.3, -0.25) is 4.57 Å². The minimum absolute atomic E-state index is 0.0573. The van der Waals surface area contributed by atoms with Gasteiger partial charge in [0.1, 0.15) is 12.2 Å². The van der Waals surface area contributed by atoms with Gasteiger partial charge >= 0.3 is 0 Å². The molecule has 2 rings (SSSR count). The first-order valence-electron chi connectivity index (χ1n) is 6.72. The fourth-order valence-electron chi connectivity index (χ4n) is 2.55. The van der Waals surface area contributed by atoms with Gasteiger partial charge in [-0.1, -0.05) is 0 Å². The smallest absolute Gasteiger partial charge is 0.224 e. The number of fused-ring (bicyclic) bond motifs is 1. The molecule has 2 aliphatic rings. The molecule has 0 radical (unpaired) electrons. The number of alkyl halides is 1. The summed E-state index contributed by atoms with van der Waals surface area (Å²) >= 11 is 0. The summed E-state index contributed by atoms with van der Waals surface area (Å²) < 4.78 is 52.5. The average molecular weight is 312 g/mol. The van der Waals surface area contributed by atoms with Crippen LogP contribution in [0.3, 0.4) is 0 Å². The van der Waals surface area contributed by atoms with Gasteiger partial charge in [-0.15, -0.1) is 0 Å². The van der Waals surface area contributed by atoms with Crippen molar-refractivity contribution in [1.29, 1.82) is 0 Å². The van der Waals surface area contributed by atoms with Crippen molar-refractivity contribution in [3.05, 3.63) is 0 Å². The third kappa shape index (κ3) is 3.40. The molecule has 0 aromatic carbocycles. The molecule has 0 spiro atoms. The predicted octanol–water partition coefficient (Wildman–Crippen LogP) is 2.07. The maximum absolute atomic E-state index is 13.9. The van der Waals surface area contributed by atoms with E-state index in [0.29, 0.717) is 0 Å². The number of methoxy groups -OCH3 is 1. The second kappa shape index (κ2) is 6.38. The molecule has 118 valence electrons. The van der Waals surface area contributed by atoms with Crippen molar-refractivity contribution in [3.8, 4) is 0 Å². The molecule has 0 saturated carbocycles. The van der Waals surface area contributed by atoms with Gasteiger partial charge in [-0.05, 0) is 20.8 Å². The summed E-state index contributed by atoms with van der Waals surface area (Å²) in [6, 6.07) is 0. The van der Waals surface area contributed by atoms with Crippen LogP contribution in [0.15, 0.2) is 0 Å². The molecule has 6 atom stereocenters. The van der Waals surface area contributed by atoms with E-state index in [1.165, 1.54) is 7.11 Å². The lowest BCUT2D eigenvalue weighted by atomic mass is 10.1. The van der Waals surface area contributed by atoms with Crippen LogP contribution in [0, 0.1) is 0 Å². The first-order valence-corrected chi connectivity index (χ1v) is 8.12. The highest BCUT2D eigenvalue weighted by Crippen LogP contribution is 2.43. The molecular weight excluding hydrogens is 290 g/mol. The molecule has 2 aliphatic heterocycles. The van der Waals surface area contributed by atoms with E-state index in [0.717, 1.165) is 0 Å². The number of hydrogen-bond donors (Lipinski definition) is 0. The minimum atomic E-state index is -2.72. The highest BCUT2D eigenvalue weighted by Gasteiger charge is 2.56. The van der Waals surface area contributed by atoms with Crippen molar-refractivity contribution in [3.63, 3.8) is 0 Å². The van der Waals surface area contributed by atoms with Gasteiger partial charge in [0.15, 0.2) is 18.0 Å². The van der Waals surface area contributed by atoms with Crippen molar-refractivity contribution in [1.82, 2.24) is 0 Å². The first-order chi connectivity index (χ1) is 9.38. The lowest BCUT2D eigenvalue weighted by molar-refractivity contribution is -0.228. The van der Waals surface area contributed by atoms with Gasteiger partial charge in [-0.2, -0.15) is 0 Å². The summed E-state index contributed by atoms with van der Waals surface area (Å²) in [6.45, 7) is 5.47. The zero-order valence-electron chi connectivity index (χ0n) is 12.1. The number of halogens is 1. The summed E-state index contributed by atoms with van der Waals surface area (Å²) in [4.78, 5) is 0. The normalized spacial score (nSPS) is 38.6. The Morgan fingerprint density at radius 1 is 1.35 bits per heavy atom. The second-order valence-corrected chi connectivity index (χ2v) is 6.85. The largest absolute Gasteiger partial charge is 0.353 e. The van der Waals surface area contributed by atoms with E-state index in [1.54, 1.807) is 20.8 Å². The van der Waals surface area contributed by atoms with E-state index in [2.05, 4.69) is 0 Å². The lowest BCUT2D eigenvalue weighted by Gasteiger charge is -2.24. The van der Waals surface area contributed by atoms with E-state index < -0.39 is 44.3 Å². The van der Waals surface area contributed by atoms with E-state index in [-0.39, 0.29) is 13.0 Å². The molecule has 0 N–H and O–H groups in total. The molecule has 0 bridgehead atoms. The Balaban J connectivity index is 2.00. The van der Waals surface area contributed by atoms with Crippen LogP contribution in [0.25, 0.3) is 0 Å². The maximum Gasteiger partial charge on any atom is 0.224 e. The van der Waals surface area contributed by atoms with Crippen LogP contribution < -0.4 is 0 Å². The van der Waals surface area contributed by atoms with Crippen molar-refractivity contribution in [2.24, 2.45) is 0 Å². The quantitative estimate of drug-likeness (QED) is 0.700. The van der Waals surface area contributed by atoms with E-state index in [1.807, 2.05) is 0 Å². The Labute approximate surface area is 118 Å². The van der Waals surface area contributed by atoms with Crippen LogP contribution in [-0.2, 0) is 28.0 Å². The minimum Gasteiger partial charge on any atom is -0.353 e. The Morgan fingerprint density at radius 3 is 2.60 bits per heavy atom. The van der Waals surface area contributed by atoms with Gasteiger partial charge in [-0.25, -0.2) is 4.39 Å². The van der Waals surface area contributed by atoms with E-state index in [9.17, 15) is 8.96 Å². The van der Waals surface area contributed by atoms with E-state index >= 15 is 0 Å². The maximum atomic E-state index is 13.9. The van der Waals surface area contributed by atoms with Crippen LogP contribution in [0.2, 0.25) is 0 Å². The standard InChI is InChI=1S/C12H22FO6P/c1-5-16-20(14)8(13)6-7-9-10(11(15-4)17-7)19-12(2,3)18-9/h7-11,20H,5-6H2,1-4H3/t7-,8?,9-,10-,11-/m1/s1. The zero-order valence-corrected chi connectivity index (χ0v) is 13.1. The van der Waals surface area contributed by atoms with Crippen molar-refractivity contribution in [2.75, 3.05) is 13.7 Å². The monoisotopic (exact) mass is 312 g/mol. The molecule has 0 amide bonds. The average Bonchev–Trinajstić information content (AvgIpc) is 2.84. The topological polar surface area (TPSA) is 63.2 Å². The Hall–Kier alpha value is -0.0400. The molecule has 20 heavy (non-hydrogen) atoms. The molecule has 2 unspecified atom stereocenters. The first kappa shape index (κ1) is 16.3. The predicted molar refractivity (Wildman–Crippen MR) is 69.6 cm³/mol. The van der Waals surface area contributed by atoms with Crippen LogP contribution in [0.5, 0.6) is 0 Å². The van der Waals surface area contributed by atoms with Gasteiger partial charge in [0.05, 0.1) is 12.7 Å². The molecule has 2 fully saturated rings. The van der Waals surface area contributed by atoms with Gasteiger partial charge in [0.2, 0.25) is 8.03 Å². The lowest BCUT2D eigenvalue weighted by Crippen LogP contribution is -2.31. The summed E-state index contributed by atoms with van der Waals surface area (Å²) in [5.74, 6) is -2.32. The number of rotatable bonds is 6. The van der Waals surface area contributed by atoms with Crippen molar-refractivity contribution < 1.29 is 32.4 Å². The highest BCUT2D eigenvalue weighted by atomic mass is 31.1. The molecule has 0 aromatic heterocycles. The van der Waals surface area contributed by atoms with E-state index in [4.69, 9.17) is 23.5 Å².